The summed E-state index contributed by atoms with van der Waals surface area (Å²) >= 11 is 0. The molecule has 2 aromatic carbocycles. The van der Waals surface area contributed by atoms with Crippen molar-refractivity contribution in [1.82, 2.24) is 0 Å². The highest BCUT2D eigenvalue weighted by Crippen LogP contribution is 2.70. The first-order valence-electron chi connectivity index (χ1n) is 9.94. The van der Waals surface area contributed by atoms with Gasteiger partial charge >= 0.3 is 7.60 Å². The molecule has 150 valence electrons. The summed E-state index contributed by atoms with van der Waals surface area (Å²) in [6, 6.07) is 20.3. The Morgan fingerprint density at radius 1 is 0.893 bits per heavy atom. The molecule has 2 fully saturated rings. The molecule has 1 saturated heterocycles. The van der Waals surface area contributed by atoms with Crippen LogP contribution in [0.1, 0.15) is 42.5 Å². The van der Waals surface area contributed by atoms with Crippen LogP contribution in [0.2, 0.25) is 0 Å². The highest BCUT2D eigenvalue weighted by atomic mass is 31.2. The molecule has 0 amide bonds. The minimum Gasteiger partial charge on any atom is -0.376 e. The van der Waals surface area contributed by atoms with Crippen molar-refractivity contribution in [2.24, 2.45) is 11.8 Å². The van der Waals surface area contributed by atoms with Gasteiger partial charge in [-0.1, -0.05) is 67.1 Å². The van der Waals surface area contributed by atoms with E-state index in [4.69, 9.17) is 9.05 Å². The second kappa shape index (κ2) is 7.74. The zero-order valence-electron chi connectivity index (χ0n) is 16.4. The number of fused-ring (bicyclic) bond motifs is 2. The van der Waals surface area contributed by atoms with E-state index in [2.05, 4.69) is 29.6 Å². The molecule has 0 aromatic heterocycles. The van der Waals surface area contributed by atoms with Gasteiger partial charge in [0.05, 0.1) is 11.8 Å². The Morgan fingerprint density at radius 3 is 1.71 bits per heavy atom. The van der Waals surface area contributed by atoms with Crippen molar-refractivity contribution < 1.29 is 24.0 Å². The van der Waals surface area contributed by atoms with Crippen molar-refractivity contribution in [2.45, 2.75) is 36.7 Å². The zero-order valence-corrected chi connectivity index (χ0v) is 17.3. The molecule has 4 rings (SSSR count). The third kappa shape index (κ3) is 2.97. The molecule has 3 N–H and O–H groups in total. The molecule has 5 atom stereocenters. The number of rotatable bonds is 5. The van der Waals surface area contributed by atoms with Gasteiger partial charge in [-0.2, -0.15) is 0 Å². The summed E-state index contributed by atoms with van der Waals surface area (Å²) in [5.74, 6) is -0.418. The van der Waals surface area contributed by atoms with Crippen molar-refractivity contribution in [3.05, 3.63) is 71.8 Å². The minimum absolute atomic E-state index is 0.0217. The van der Waals surface area contributed by atoms with Crippen LogP contribution in [-0.2, 0) is 13.6 Å². The predicted octanol–water partition coefficient (Wildman–Crippen LogP) is 3.64. The standard InChI is InChI=1S/C22H28NO4P/c1-26-28(25,27-2)22(24)18-14-9-15-19(22)21(17-12-7-4-8-13-17)23-20(18)16-10-5-3-6-11-16/h3-8,10-13,18-21,23-24H,9,14-15H2,1-2H3/p+1/t18-,19+,20+,21-,22?. The van der Waals surface area contributed by atoms with Gasteiger partial charge < -0.3 is 19.5 Å². The van der Waals surface area contributed by atoms with Gasteiger partial charge in [0, 0.05) is 25.3 Å². The smallest absolute Gasteiger partial charge is 0.362 e. The lowest BCUT2D eigenvalue weighted by atomic mass is 9.65. The average molecular weight is 402 g/mol. The predicted molar refractivity (Wildman–Crippen MR) is 108 cm³/mol. The van der Waals surface area contributed by atoms with Crippen molar-refractivity contribution in [3.8, 4) is 0 Å². The largest absolute Gasteiger partial charge is 0.376 e. The summed E-state index contributed by atoms with van der Waals surface area (Å²) in [6.45, 7) is 0. The topological polar surface area (TPSA) is 72.4 Å². The third-order valence-electron chi connectivity index (χ3n) is 6.69. The van der Waals surface area contributed by atoms with Crippen LogP contribution in [-0.4, -0.2) is 24.7 Å². The molecule has 2 bridgehead atoms. The van der Waals surface area contributed by atoms with Gasteiger partial charge in [-0.05, 0) is 12.8 Å². The van der Waals surface area contributed by atoms with Gasteiger partial charge in [-0.15, -0.1) is 0 Å². The number of hydrogen-bond donors (Lipinski definition) is 2. The molecule has 1 aliphatic carbocycles. The number of aliphatic hydroxyl groups is 1. The van der Waals surface area contributed by atoms with Crippen LogP contribution in [0.5, 0.6) is 0 Å². The normalized spacial score (nSPS) is 32.8. The number of hydrogen-bond acceptors (Lipinski definition) is 4. The van der Waals surface area contributed by atoms with E-state index < -0.39 is 12.9 Å². The molecule has 2 aliphatic rings. The molecule has 1 unspecified atom stereocenters. The fraction of sp³-hybridized carbons (Fsp3) is 0.455. The summed E-state index contributed by atoms with van der Waals surface area (Å²) in [5, 5.41) is 12.9. The molecule has 6 heteroatoms. The van der Waals surface area contributed by atoms with E-state index in [0.717, 1.165) is 30.4 Å². The van der Waals surface area contributed by atoms with Crippen LogP contribution in [0.3, 0.4) is 0 Å². The SMILES string of the molecule is COP(=O)(OC)C1(O)[C@@H]2CCC[C@H]1[C@@H](c1ccccc1)[NH2+][C@H]2c1ccccc1. The Bertz CT molecular complexity index is 783. The van der Waals surface area contributed by atoms with Crippen LogP contribution < -0.4 is 5.32 Å². The molecule has 0 radical (unpaired) electrons. The second-order valence-corrected chi connectivity index (χ2v) is 10.3. The zero-order chi connectivity index (χ0) is 19.8. The Kier molecular flexibility index (Phi) is 5.47. The number of benzene rings is 2. The van der Waals surface area contributed by atoms with Gasteiger partial charge in [0.15, 0.2) is 5.34 Å². The third-order valence-corrected chi connectivity index (χ3v) is 9.19. The van der Waals surface area contributed by atoms with E-state index in [1.165, 1.54) is 14.2 Å². The Labute approximate surface area is 166 Å². The van der Waals surface area contributed by atoms with E-state index in [-0.39, 0.29) is 23.9 Å². The van der Waals surface area contributed by atoms with Gasteiger partial charge in [0.1, 0.15) is 12.1 Å². The minimum atomic E-state index is -3.73. The van der Waals surface area contributed by atoms with Crippen LogP contribution in [0.25, 0.3) is 0 Å². The second-order valence-electron chi connectivity index (χ2n) is 7.85. The molecule has 2 aromatic rings. The molecule has 1 heterocycles. The first-order valence-corrected chi connectivity index (χ1v) is 11.5. The molecule has 0 spiro atoms. The summed E-state index contributed by atoms with van der Waals surface area (Å²) in [6.07, 6.45) is 2.58. The Balaban J connectivity index is 1.88. The van der Waals surface area contributed by atoms with Crippen molar-refractivity contribution in [2.75, 3.05) is 14.2 Å². The van der Waals surface area contributed by atoms with Crippen molar-refractivity contribution in [1.29, 1.82) is 0 Å². The van der Waals surface area contributed by atoms with Crippen LogP contribution in [0.15, 0.2) is 60.7 Å². The Hall–Kier alpha value is -1.49. The number of nitrogens with two attached hydrogens (primary N) is 1. The lowest BCUT2D eigenvalue weighted by Crippen LogP contribution is -2.94. The van der Waals surface area contributed by atoms with Crippen molar-refractivity contribution in [3.63, 3.8) is 0 Å². The summed E-state index contributed by atoms with van der Waals surface area (Å²) in [7, 11) is -0.965. The maximum Gasteiger partial charge on any atom is 0.362 e. The van der Waals surface area contributed by atoms with Crippen molar-refractivity contribution >= 4 is 7.60 Å². The molecule has 1 saturated carbocycles. The van der Waals surface area contributed by atoms with E-state index in [1.54, 1.807) is 0 Å². The lowest BCUT2D eigenvalue weighted by Gasteiger charge is -2.55. The fourth-order valence-corrected chi connectivity index (χ4v) is 7.57. The maximum atomic E-state index is 13.7. The van der Waals surface area contributed by atoms with Gasteiger partial charge in [0.25, 0.3) is 0 Å². The highest BCUT2D eigenvalue weighted by molar-refractivity contribution is 7.55. The van der Waals surface area contributed by atoms with Crippen LogP contribution >= 0.6 is 7.60 Å². The fourth-order valence-electron chi connectivity index (χ4n) is 5.45. The van der Waals surface area contributed by atoms with Gasteiger partial charge in [-0.3, -0.25) is 4.57 Å². The van der Waals surface area contributed by atoms with E-state index >= 15 is 0 Å². The van der Waals surface area contributed by atoms with E-state index in [9.17, 15) is 9.67 Å². The van der Waals surface area contributed by atoms with Gasteiger partial charge in [0.2, 0.25) is 0 Å². The van der Waals surface area contributed by atoms with Gasteiger partial charge in [-0.25, -0.2) is 0 Å². The van der Waals surface area contributed by atoms with E-state index in [0.29, 0.717) is 0 Å². The lowest BCUT2D eigenvalue weighted by molar-refractivity contribution is -0.765. The maximum absolute atomic E-state index is 13.7. The first kappa shape index (κ1) is 19.8. The summed E-state index contributed by atoms with van der Waals surface area (Å²) < 4.78 is 24.5. The molecule has 5 nitrogen and oxygen atoms in total. The number of piperidine rings is 1. The van der Waals surface area contributed by atoms with E-state index in [1.807, 2.05) is 36.4 Å². The average Bonchev–Trinajstić information content (AvgIpc) is 2.74. The highest BCUT2D eigenvalue weighted by Gasteiger charge is 2.68. The molecular formula is C22H29NO4P+. The Morgan fingerprint density at radius 2 is 1.32 bits per heavy atom. The van der Waals surface area contributed by atoms with Crippen LogP contribution in [0.4, 0.5) is 0 Å². The molecule has 1 aliphatic heterocycles. The molecule has 28 heavy (non-hydrogen) atoms. The number of quaternary nitrogens is 1. The molecular weight excluding hydrogens is 373 g/mol. The first-order chi connectivity index (χ1) is 13.5. The monoisotopic (exact) mass is 402 g/mol. The summed E-state index contributed by atoms with van der Waals surface area (Å²) in [4.78, 5) is 0. The summed E-state index contributed by atoms with van der Waals surface area (Å²) in [5.41, 5.74) is 2.26. The quantitative estimate of drug-likeness (QED) is 0.749. The van der Waals surface area contributed by atoms with Crippen LogP contribution in [0, 0.1) is 11.8 Å².